The van der Waals surface area contributed by atoms with Crippen LogP contribution in [0.5, 0.6) is 0 Å². The topological polar surface area (TPSA) is 41.1 Å². The number of fused-ring (bicyclic) bond motifs is 1. The molecule has 2 atom stereocenters. The fourth-order valence-electron chi connectivity index (χ4n) is 2.88. The van der Waals surface area contributed by atoms with Crippen LogP contribution in [0.2, 0.25) is 0 Å². The van der Waals surface area contributed by atoms with Crippen LogP contribution in [0.4, 0.5) is 0 Å². The average Bonchev–Trinajstić information content (AvgIpc) is 2.74. The van der Waals surface area contributed by atoms with Gasteiger partial charge in [-0.15, -0.1) is 0 Å². The molecule has 1 saturated carbocycles. The molecule has 17 heavy (non-hydrogen) atoms. The van der Waals surface area contributed by atoms with Crippen molar-refractivity contribution < 1.29 is 4.79 Å². The average molecular weight is 230 g/mol. The minimum absolute atomic E-state index is 0.162. The third kappa shape index (κ3) is 2.20. The molecule has 1 aromatic rings. The lowest BCUT2D eigenvalue weighted by Crippen LogP contribution is -2.33. The summed E-state index contributed by atoms with van der Waals surface area (Å²) in [6, 6.07) is 8.59. The number of carbonyl (C=O) groups excluding carboxylic acids is 1. The second-order valence-corrected chi connectivity index (χ2v) is 5.25. The van der Waals surface area contributed by atoms with Gasteiger partial charge < -0.3 is 10.6 Å². The predicted molar refractivity (Wildman–Crippen MR) is 66.7 cm³/mol. The minimum Gasteiger partial charge on any atom is -0.352 e. The Kier molecular flexibility index (Phi) is 2.63. The van der Waals surface area contributed by atoms with Crippen molar-refractivity contribution in [2.45, 2.75) is 19.4 Å². The van der Waals surface area contributed by atoms with Gasteiger partial charge in [0, 0.05) is 19.1 Å². The monoisotopic (exact) mass is 230 g/mol. The van der Waals surface area contributed by atoms with E-state index in [2.05, 4.69) is 29.7 Å². The van der Waals surface area contributed by atoms with E-state index in [4.69, 9.17) is 0 Å². The third-order valence-corrected chi connectivity index (χ3v) is 3.87. The highest BCUT2D eigenvalue weighted by molar-refractivity contribution is 5.79. The fourth-order valence-corrected chi connectivity index (χ4v) is 2.88. The lowest BCUT2D eigenvalue weighted by atomic mass is 10.1. The zero-order valence-electron chi connectivity index (χ0n) is 10.1. The Hall–Kier alpha value is -1.35. The lowest BCUT2D eigenvalue weighted by Gasteiger charge is -2.08. The van der Waals surface area contributed by atoms with Crippen molar-refractivity contribution in [3.8, 4) is 0 Å². The van der Waals surface area contributed by atoms with Crippen LogP contribution in [0.3, 0.4) is 0 Å². The summed E-state index contributed by atoms with van der Waals surface area (Å²) in [7, 11) is 0. The molecule has 2 aliphatic rings. The van der Waals surface area contributed by atoms with E-state index in [9.17, 15) is 4.79 Å². The van der Waals surface area contributed by atoms with Crippen LogP contribution in [0.1, 0.15) is 11.1 Å². The molecule has 0 bridgehead atoms. The predicted octanol–water partition coefficient (Wildman–Crippen LogP) is 0.872. The SMILES string of the molecule is Cc1cccc(CC(=O)NC2C3CNCC32)c1. The zero-order valence-corrected chi connectivity index (χ0v) is 10.1. The van der Waals surface area contributed by atoms with E-state index < -0.39 is 0 Å². The molecule has 3 nitrogen and oxygen atoms in total. The Morgan fingerprint density at radius 2 is 2.18 bits per heavy atom. The number of nitrogens with one attached hydrogen (secondary N) is 2. The summed E-state index contributed by atoms with van der Waals surface area (Å²) in [5.74, 6) is 1.54. The summed E-state index contributed by atoms with van der Waals surface area (Å²) in [5.41, 5.74) is 2.31. The number of piperidine rings is 1. The Balaban J connectivity index is 1.54. The number of rotatable bonds is 3. The highest BCUT2D eigenvalue weighted by Gasteiger charge is 2.53. The standard InChI is InChI=1S/C14H18N2O/c1-9-3-2-4-10(5-9)6-13(17)16-14-11-7-15-8-12(11)14/h2-5,11-12,14-15H,6-8H2,1H3,(H,16,17). The normalized spacial score (nSPS) is 29.8. The molecular weight excluding hydrogens is 212 g/mol. The van der Waals surface area contributed by atoms with E-state index >= 15 is 0 Å². The van der Waals surface area contributed by atoms with Crippen LogP contribution in [0, 0.1) is 18.8 Å². The molecule has 0 spiro atoms. The van der Waals surface area contributed by atoms with Crippen LogP contribution >= 0.6 is 0 Å². The van der Waals surface area contributed by atoms with E-state index in [1.165, 1.54) is 5.56 Å². The van der Waals surface area contributed by atoms with Gasteiger partial charge >= 0.3 is 0 Å². The van der Waals surface area contributed by atoms with Gasteiger partial charge in [-0.25, -0.2) is 0 Å². The van der Waals surface area contributed by atoms with Crippen LogP contribution in [-0.4, -0.2) is 25.0 Å². The molecule has 2 N–H and O–H groups in total. The maximum Gasteiger partial charge on any atom is 0.224 e. The van der Waals surface area contributed by atoms with E-state index in [1.54, 1.807) is 0 Å². The van der Waals surface area contributed by atoms with Crippen molar-refractivity contribution in [1.82, 2.24) is 10.6 Å². The Bertz CT molecular complexity index is 434. The quantitative estimate of drug-likeness (QED) is 0.809. The van der Waals surface area contributed by atoms with Gasteiger partial charge in [-0.05, 0) is 24.3 Å². The number of aryl methyl sites for hydroxylation is 1. The van der Waals surface area contributed by atoms with Crippen LogP contribution in [0.25, 0.3) is 0 Å². The highest BCUT2D eigenvalue weighted by atomic mass is 16.1. The van der Waals surface area contributed by atoms with Gasteiger partial charge in [0.25, 0.3) is 0 Å². The van der Waals surface area contributed by atoms with Crippen molar-refractivity contribution >= 4 is 5.91 Å². The fraction of sp³-hybridized carbons (Fsp3) is 0.500. The summed E-state index contributed by atoms with van der Waals surface area (Å²) in [6.45, 7) is 4.19. The zero-order chi connectivity index (χ0) is 11.8. The number of benzene rings is 1. The van der Waals surface area contributed by atoms with Gasteiger partial charge in [0.15, 0.2) is 0 Å². The number of amides is 1. The van der Waals surface area contributed by atoms with E-state index in [0.29, 0.717) is 24.3 Å². The summed E-state index contributed by atoms with van der Waals surface area (Å²) in [6.07, 6.45) is 0.505. The van der Waals surface area contributed by atoms with Crippen LogP contribution in [0.15, 0.2) is 24.3 Å². The van der Waals surface area contributed by atoms with Gasteiger partial charge in [0.1, 0.15) is 0 Å². The van der Waals surface area contributed by atoms with Crippen molar-refractivity contribution in [1.29, 1.82) is 0 Å². The van der Waals surface area contributed by atoms with Crippen molar-refractivity contribution in [2.75, 3.05) is 13.1 Å². The molecule has 2 unspecified atom stereocenters. The number of hydrogen-bond donors (Lipinski definition) is 2. The second-order valence-electron chi connectivity index (χ2n) is 5.25. The first kappa shape index (κ1) is 10.8. The summed E-state index contributed by atoms with van der Waals surface area (Å²) in [4.78, 5) is 11.9. The molecule has 1 aromatic carbocycles. The largest absolute Gasteiger partial charge is 0.352 e. The van der Waals surface area contributed by atoms with Crippen LogP contribution < -0.4 is 10.6 Å². The van der Waals surface area contributed by atoms with Gasteiger partial charge in [0.05, 0.1) is 6.42 Å². The Morgan fingerprint density at radius 1 is 1.41 bits per heavy atom. The van der Waals surface area contributed by atoms with Gasteiger partial charge in [0.2, 0.25) is 5.91 Å². The van der Waals surface area contributed by atoms with Crippen molar-refractivity contribution in [3.05, 3.63) is 35.4 Å². The molecule has 2 fully saturated rings. The molecule has 1 amide bonds. The first-order chi connectivity index (χ1) is 8.24. The molecule has 1 saturated heterocycles. The minimum atomic E-state index is 0.162. The number of hydrogen-bond acceptors (Lipinski definition) is 2. The van der Waals surface area contributed by atoms with Gasteiger partial charge in [-0.1, -0.05) is 29.8 Å². The smallest absolute Gasteiger partial charge is 0.224 e. The Morgan fingerprint density at radius 3 is 2.88 bits per heavy atom. The molecule has 1 heterocycles. The van der Waals surface area contributed by atoms with Crippen LogP contribution in [-0.2, 0) is 11.2 Å². The molecule has 3 heteroatoms. The van der Waals surface area contributed by atoms with Gasteiger partial charge in [-0.3, -0.25) is 4.79 Å². The Labute approximate surface area is 102 Å². The summed E-state index contributed by atoms with van der Waals surface area (Å²) in [5, 5.41) is 6.48. The maximum atomic E-state index is 11.9. The van der Waals surface area contributed by atoms with E-state index in [-0.39, 0.29) is 5.91 Å². The molecular formula is C14H18N2O. The van der Waals surface area contributed by atoms with Crippen molar-refractivity contribution in [3.63, 3.8) is 0 Å². The second kappa shape index (κ2) is 4.15. The number of carbonyl (C=O) groups is 1. The molecule has 1 aliphatic heterocycles. The van der Waals surface area contributed by atoms with E-state index in [0.717, 1.165) is 18.7 Å². The third-order valence-electron chi connectivity index (χ3n) is 3.87. The molecule has 0 radical (unpaired) electrons. The summed E-state index contributed by atoms with van der Waals surface area (Å²) >= 11 is 0. The maximum absolute atomic E-state index is 11.9. The summed E-state index contributed by atoms with van der Waals surface area (Å²) < 4.78 is 0. The van der Waals surface area contributed by atoms with E-state index in [1.807, 2.05) is 12.1 Å². The first-order valence-electron chi connectivity index (χ1n) is 6.29. The molecule has 0 aromatic heterocycles. The van der Waals surface area contributed by atoms with Gasteiger partial charge in [-0.2, -0.15) is 0 Å². The highest BCUT2D eigenvalue weighted by Crippen LogP contribution is 2.41. The van der Waals surface area contributed by atoms with Crippen molar-refractivity contribution in [2.24, 2.45) is 11.8 Å². The first-order valence-corrected chi connectivity index (χ1v) is 6.29. The molecule has 3 rings (SSSR count). The lowest BCUT2D eigenvalue weighted by molar-refractivity contribution is -0.120. The molecule has 1 aliphatic carbocycles. The molecule has 90 valence electrons.